The molecule has 1 aliphatic carbocycles. The van der Waals surface area contributed by atoms with Crippen LogP contribution in [0.3, 0.4) is 0 Å². The normalized spacial score (nSPS) is 17.6. The lowest BCUT2D eigenvalue weighted by Crippen LogP contribution is -2.52. The maximum Gasteiger partial charge on any atom is 0.276 e. The number of aromatic nitrogens is 5. The van der Waals surface area contributed by atoms with Crippen LogP contribution in [-0.2, 0) is 11.2 Å². The number of carbonyl (C=O) groups is 2. The number of hydrogen-bond donors (Lipinski definition) is 3. The van der Waals surface area contributed by atoms with E-state index >= 15 is 0 Å². The summed E-state index contributed by atoms with van der Waals surface area (Å²) in [5.74, 6) is -1.57. The molecule has 0 bridgehead atoms. The number of ether oxygens (including phenoxy) is 1. The Morgan fingerprint density at radius 2 is 2.02 bits per heavy atom. The van der Waals surface area contributed by atoms with Gasteiger partial charge in [0.25, 0.3) is 5.91 Å². The molecule has 11 nitrogen and oxygen atoms in total. The second kappa shape index (κ2) is 9.85. The minimum absolute atomic E-state index is 0.00791. The van der Waals surface area contributed by atoms with Crippen molar-refractivity contribution in [1.82, 2.24) is 30.8 Å². The first-order valence-electron chi connectivity index (χ1n) is 13.1. The van der Waals surface area contributed by atoms with Crippen LogP contribution < -0.4 is 15.4 Å². The zero-order chi connectivity index (χ0) is 28.0. The summed E-state index contributed by atoms with van der Waals surface area (Å²) in [6, 6.07) is 6.73. The van der Waals surface area contributed by atoms with Gasteiger partial charge in [0.2, 0.25) is 5.91 Å². The van der Waals surface area contributed by atoms with E-state index in [1.807, 2.05) is 20.8 Å². The molecule has 3 aromatic heterocycles. The van der Waals surface area contributed by atoms with Crippen LogP contribution in [0.1, 0.15) is 58.8 Å². The second-order valence-electron chi connectivity index (χ2n) is 10.4. The monoisotopic (exact) mass is 545 g/mol. The third-order valence-electron chi connectivity index (χ3n) is 7.80. The van der Waals surface area contributed by atoms with Crippen LogP contribution in [0.4, 0.5) is 10.1 Å². The van der Waals surface area contributed by atoms with Gasteiger partial charge < -0.3 is 15.4 Å². The molecule has 0 radical (unpaired) electrons. The van der Waals surface area contributed by atoms with Gasteiger partial charge in [-0.1, -0.05) is 12.1 Å². The van der Waals surface area contributed by atoms with E-state index in [1.54, 1.807) is 24.4 Å². The summed E-state index contributed by atoms with van der Waals surface area (Å²) in [6.07, 6.45) is 3.53. The molecule has 2 aliphatic rings. The lowest BCUT2D eigenvalue weighted by atomic mass is 9.75. The van der Waals surface area contributed by atoms with Crippen LogP contribution in [0.25, 0.3) is 11.3 Å². The highest BCUT2D eigenvalue weighted by molar-refractivity contribution is 6.01. The Balaban J connectivity index is 1.34. The predicted molar refractivity (Wildman–Crippen MR) is 141 cm³/mol. The highest BCUT2D eigenvalue weighted by Gasteiger charge is 2.58. The van der Waals surface area contributed by atoms with Crippen LogP contribution in [0.2, 0.25) is 0 Å². The summed E-state index contributed by atoms with van der Waals surface area (Å²) < 4.78 is 25.2. The number of amides is 2. The Morgan fingerprint density at radius 3 is 2.70 bits per heavy atom. The van der Waals surface area contributed by atoms with Gasteiger partial charge in [-0.05, 0) is 68.6 Å². The van der Waals surface area contributed by atoms with Crippen molar-refractivity contribution in [3.8, 4) is 17.0 Å². The molecule has 2 atom stereocenters. The zero-order valence-electron chi connectivity index (χ0n) is 22.2. The molecule has 1 spiro atoms. The number of pyridine rings is 1. The van der Waals surface area contributed by atoms with Crippen molar-refractivity contribution in [2.75, 3.05) is 11.9 Å². The summed E-state index contributed by atoms with van der Waals surface area (Å²) >= 11 is 0. The standard InChI is InChI=1S/C28H28FN7O4/c1-4-19-24(36-40-35-19)26(37)32-25(23-18-11-16(29)5-8-21(18)39-13-28(23)9-10-28)27(38)31-17-6-7-20(30-12-17)22-14(2)33-34-15(22)3/h5-8,11-12,23,25H,4,9-10,13H2,1-3H3,(H,31,38)(H,32,37)(H,33,34)/t23?,25-/m0/s1. The van der Waals surface area contributed by atoms with Crippen LogP contribution in [-0.4, -0.2) is 50.0 Å². The smallest absolute Gasteiger partial charge is 0.276 e. The first kappa shape index (κ1) is 25.7. The summed E-state index contributed by atoms with van der Waals surface area (Å²) in [4.78, 5) is 31.8. The lowest BCUT2D eigenvalue weighted by Gasteiger charge is -2.38. The third kappa shape index (κ3) is 4.48. The first-order valence-corrected chi connectivity index (χ1v) is 13.1. The first-order chi connectivity index (χ1) is 19.3. The molecule has 2 amide bonds. The number of anilines is 1. The van der Waals surface area contributed by atoms with Crippen molar-refractivity contribution in [3.05, 3.63) is 70.7 Å². The number of fused-ring (bicyclic) bond motifs is 1. The fraction of sp³-hybridized carbons (Fsp3) is 0.357. The van der Waals surface area contributed by atoms with Gasteiger partial charge in [-0.25, -0.2) is 9.02 Å². The summed E-state index contributed by atoms with van der Waals surface area (Å²) in [6.45, 7) is 5.98. The van der Waals surface area contributed by atoms with Gasteiger partial charge in [-0.15, -0.1) is 0 Å². The van der Waals surface area contributed by atoms with Crippen LogP contribution in [0, 0.1) is 25.1 Å². The van der Waals surface area contributed by atoms with Crippen LogP contribution in [0.15, 0.2) is 41.2 Å². The van der Waals surface area contributed by atoms with Crippen molar-refractivity contribution in [2.45, 2.75) is 52.0 Å². The zero-order valence-corrected chi connectivity index (χ0v) is 22.2. The summed E-state index contributed by atoms with van der Waals surface area (Å²) in [5, 5.41) is 20.5. The molecule has 1 fully saturated rings. The van der Waals surface area contributed by atoms with Gasteiger partial charge in [0.1, 0.15) is 23.3 Å². The number of nitrogens with zero attached hydrogens (tertiary/aromatic N) is 4. The molecule has 1 unspecified atom stereocenters. The van der Waals surface area contributed by atoms with Crippen LogP contribution >= 0.6 is 0 Å². The molecule has 4 aromatic rings. The highest BCUT2D eigenvalue weighted by atomic mass is 19.1. The number of nitrogens with one attached hydrogen (secondary N) is 3. The predicted octanol–water partition coefficient (Wildman–Crippen LogP) is 3.87. The molecule has 206 valence electrons. The Morgan fingerprint density at radius 1 is 1.20 bits per heavy atom. The average Bonchev–Trinajstić information content (AvgIpc) is 3.39. The van der Waals surface area contributed by atoms with Gasteiger partial charge in [0.15, 0.2) is 5.69 Å². The largest absolute Gasteiger partial charge is 0.493 e. The number of carbonyl (C=O) groups excluding carboxylic acids is 2. The molecule has 1 saturated carbocycles. The Bertz CT molecular complexity index is 1570. The van der Waals surface area contributed by atoms with Crippen molar-refractivity contribution >= 4 is 17.5 Å². The molecular formula is C28H28FN7O4. The van der Waals surface area contributed by atoms with E-state index in [0.717, 1.165) is 29.8 Å². The minimum atomic E-state index is -1.07. The van der Waals surface area contributed by atoms with E-state index in [2.05, 4.69) is 36.1 Å². The van der Waals surface area contributed by atoms with E-state index in [4.69, 9.17) is 9.37 Å². The van der Waals surface area contributed by atoms with E-state index in [0.29, 0.717) is 41.4 Å². The van der Waals surface area contributed by atoms with Crippen molar-refractivity contribution in [2.24, 2.45) is 5.41 Å². The van der Waals surface area contributed by atoms with Gasteiger partial charge >= 0.3 is 0 Å². The molecule has 4 heterocycles. The molecule has 6 rings (SSSR count). The van der Waals surface area contributed by atoms with E-state index in [9.17, 15) is 14.0 Å². The molecular weight excluding hydrogens is 517 g/mol. The van der Waals surface area contributed by atoms with Crippen molar-refractivity contribution in [3.63, 3.8) is 0 Å². The number of benzene rings is 1. The minimum Gasteiger partial charge on any atom is -0.493 e. The summed E-state index contributed by atoms with van der Waals surface area (Å²) in [7, 11) is 0. The second-order valence-corrected chi connectivity index (χ2v) is 10.4. The molecule has 0 saturated heterocycles. The van der Waals surface area contributed by atoms with E-state index < -0.39 is 35.0 Å². The topological polar surface area (TPSA) is 148 Å². The van der Waals surface area contributed by atoms with Gasteiger partial charge in [-0.3, -0.25) is 19.7 Å². The number of rotatable bonds is 7. The fourth-order valence-electron chi connectivity index (χ4n) is 5.57. The molecule has 12 heteroatoms. The summed E-state index contributed by atoms with van der Waals surface area (Å²) in [5.41, 5.74) is 4.27. The molecule has 40 heavy (non-hydrogen) atoms. The number of halogens is 1. The van der Waals surface area contributed by atoms with Crippen LogP contribution in [0.5, 0.6) is 5.75 Å². The molecule has 1 aliphatic heterocycles. The average molecular weight is 546 g/mol. The number of aromatic amines is 1. The highest BCUT2D eigenvalue weighted by Crippen LogP contribution is 2.61. The quantitative estimate of drug-likeness (QED) is 0.317. The number of H-pyrrole nitrogens is 1. The third-order valence-corrected chi connectivity index (χ3v) is 7.80. The number of hydrogen-bond acceptors (Lipinski definition) is 8. The Labute approximate surface area is 228 Å². The Hall–Kier alpha value is -4.61. The van der Waals surface area contributed by atoms with Crippen molar-refractivity contribution < 1.29 is 23.3 Å². The van der Waals surface area contributed by atoms with Gasteiger partial charge in [0.05, 0.1) is 29.9 Å². The van der Waals surface area contributed by atoms with Gasteiger partial charge in [0, 0.05) is 28.2 Å². The molecule has 3 N–H and O–H groups in total. The van der Waals surface area contributed by atoms with E-state index in [1.165, 1.54) is 12.1 Å². The van der Waals surface area contributed by atoms with Gasteiger partial charge in [-0.2, -0.15) is 5.10 Å². The Kier molecular flexibility index (Phi) is 6.32. The maximum atomic E-state index is 14.5. The lowest BCUT2D eigenvalue weighted by molar-refractivity contribution is -0.119. The van der Waals surface area contributed by atoms with Crippen molar-refractivity contribution in [1.29, 1.82) is 0 Å². The fourth-order valence-corrected chi connectivity index (χ4v) is 5.57. The SMILES string of the molecule is CCc1nonc1C(=O)N[C@H](C(=O)Nc1ccc(-c2c(C)n[nH]c2C)nc1)C1c2cc(F)ccc2OCC12CC2. The maximum absolute atomic E-state index is 14.5. The van der Waals surface area contributed by atoms with E-state index in [-0.39, 0.29) is 5.69 Å². The molecule has 1 aromatic carbocycles. The number of aryl methyl sites for hydroxylation is 3.